The number of aliphatic hydroxyl groups excluding tert-OH is 1. The molecule has 3 saturated heterocycles. The van der Waals surface area contributed by atoms with Gasteiger partial charge in [-0.1, -0.05) is 69.3 Å². The van der Waals surface area contributed by atoms with E-state index in [1.807, 2.05) is 88.4 Å². The number of amides is 3. The fraction of sp³-hybridized carbons (Fsp3) is 0.441. The van der Waals surface area contributed by atoms with Crippen molar-refractivity contribution >= 4 is 39.9 Å². The van der Waals surface area contributed by atoms with Crippen molar-refractivity contribution in [2.24, 2.45) is 23.7 Å². The molecule has 3 aromatic rings. The normalized spacial score (nSPS) is 30.5. The molecule has 0 aromatic heterocycles. The van der Waals surface area contributed by atoms with Gasteiger partial charge in [0.1, 0.15) is 11.6 Å². The first-order chi connectivity index (χ1) is 20.1. The lowest BCUT2D eigenvalue weighted by Gasteiger charge is -2.37. The lowest BCUT2D eigenvalue weighted by atomic mass is 9.62. The fourth-order valence-corrected chi connectivity index (χ4v) is 7.81. The maximum atomic E-state index is 14.5. The molecule has 0 saturated carbocycles. The van der Waals surface area contributed by atoms with Crippen LogP contribution in [0.25, 0.3) is 10.8 Å². The molecule has 3 aliphatic heterocycles. The van der Waals surface area contributed by atoms with Crippen LogP contribution in [-0.2, 0) is 19.1 Å². The van der Waals surface area contributed by atoms with E-state index < -0.39 is 35.1 Å². The average Bonchev–Trinajstić information content (AvgIpc) is 3.48. The quantitative estimate of drug-likeness (QED) is 0.360. The van der Waals surface area contributed by atoms with Gasteiger partial charge < -0.3 is 25.4 Å². The van der Waals surface area contributed by atoms with Crippen LogP contribution >= 0.6 is 0 Å². The molecular formula is C34H39N3O5. The summed E-state index contributed by atoms with van der Waals surface area (Å²) in [4.78, 5) is 44.3. The summed E-state index contributed by atoms with van der Waals surface area (Å²) in [5, 5.41) is 18.6. The number of fused-ring (bicyclic) bond motifs is 2. The Morgan fingerprint density at radius 3 is 2.33 bits per heavy atom. The molecule has 0 radical (unpaired) electrons. The third-order valence-corrected chi connectivity index (χ3v) is 9.69. The molecule has 3 N–H and O–H groups in total. The first-order valence-corrected chi connectivity index (χ1v) is 14.9. The van der Waals surface area contributed by atoms with Gasteiger partial charge in [-0.2, -0.15) is 0 Å². The third kappa shape index (κ3) is 4.39. The van der Waals surface area contributed by atoms with Crippen LogP contribution in [0, 0.1) is 23.7 Å². The van der Waals surface area contributed by atoms with Crippen LogP contribution in [0.15, 0.2) is 72.8 Å². The van der Waals surface area contributed by atoms with Crippen LogP contribution in [-0.4, -0.2) is 57.6 Å². The number of ether oxygens (including phenoxy) is 1. The molecule has 8 nitrogen and oxygen atoms in total. The van der Waals surface area contributed by atoms with E-state index in [4.69, 9.17) is 4.74 Å². The SMILES string of the molecule is CC(C)C[C@H](CO)N1C(=O)[C@@H]2[C@@H](C(=O)Nc3ccccc3)[C@]3(C)OC2(CC3C)C1C(=O)Nc1ccc2ccccc2c1. The molecular weight excluding hydrogens is 530 g/mol. The number of nitrogens with one attached hydrogen (secondary N) is 2. The van der Waals surface area contributed by atoms with Gasteiger partial charge in [0, 0.05) is 11.4 Å². The van der Waals surface area contributed by atoms with Crippen molar-refractivity contribution in [3.63, 3.8) is 0 Å². The van der Waals surface area contributed by atoms with Crippen LogP contribution in [0.4, 0.5) is 11.4 Å². The van der Waals surface area contributed by atoms with Crippen molar-refractivity contribution in [3.8, 4) is 0 Å². The van der Waals surface area contributed by atoms with Crippen LogP contribution in [0.3, 0.4) is 0 Å². The molecule has 6 rings (SSSR count). The van der Waals surface area contributed by atoms with Crippen molar-refractivity contribution in [2.75, 3.05) is 17.2 Å². The molecule has 3 aliphatic rings. The smallest absolute Gasteiger partial charge is 0.250 e. The van der Waals surface area contributed by atoms with Crippen molar-refractivity contribution in [1.29, 1.82) is 0 Å². The molecule has 3 fully saturated rings. The second-order valence-electron chi connectivity index (χ2n) is 12.8. The summed E-state index contributed by atoms with van der Waals surface area (Å²) in [6, 6.07) is 21.2. The van der Waals surface area contributed by atoms with Crippen molar-refractivity contribution in [2.45, 2.75) is 63.8 Å². The lowest BCUT2D eigenvalue weighted by Crippen LogP contribution is -2.56. The number of hydrogen-bond donors (Lipinski definition) is 3. The van der Waals surface area contributed by atoms with Gasteiger partial charge in [-0.15, -0.1) is 0 Å². The van der Waals surface area contributed by atoms with E-state index in [0.717, 1.165) is 10.8 Å². The molecule has 42 heavy (non-hydrogen) atoms. The number of carbonyl (C=O) groups is 3. The van der Waals surface area contributed by atoms with Crippen molar-refractivity contribution in [3.05, 3.63) is 72.8 Å². The summed E-state index contributed by atoms with van der Waals surface area (Å²) in [6.07, 6.45) is 0.972. The third-order valence-electron chi connectivity index (χ3n) is 9.69. The van der Waals surface area contributed by atoms with Gasteiger partial charge in [0.2, 0.25) is 17.7 Å². The van der Waals surface area contributed by atoms with Gasteiger partial charge >= 0.3 is 0 Å². The molecule has 3 unspecified atom stereocenters. The summed E-state index contributed by atoms with van der Waals surface area (Å²) < 4.78 is 6.83. The monoisotopic (exact) mass is 569 g/mol. The van der Waals surface area contributed by atoms with Gasteiger partial charge in [0.15, 0.2) is 0 Å². The standard InChI is InChI=1S/C34H39N3O5/c1-20(2)16-26(19-38)37-29(31(40)36-25-15-14-22-10-8-9-11-23(22)17-25)34-18-21(3)33(4,42-34)27(28(34)32(37)41)30(39)35-24-12-6-5-7-13-24/h5-15,17,20-21,26-29,38H,16,18-19H2,1-4H3,(H,35,39)(H,36,40)/t21?,26-,27+,28+,29?,33-,34?/m1/s1. The Kier molecular flexibility index (Phi) is 7.10. The number of anilines is 2. The zero-order valence-electron chi connectivity index (χ0n) is 24.5. The molecule has 3 aromatic carbocycles. The lowest BCUT2D eigenvalue weighted by molar-refractivity contribution is -0.148. The number of nitrogens with zero attached hydrogens (tertiary/aromatic N) is 1. The summed E-state index contributed by atoms with van der Waals surface area (Å²) in [7, 11) is 0. The summed E-state index contributed by atoms with van der Waals surface area (Å²) in [5.41, 5.74) is -0.883. The Morgan fingerprint density at radius 2 is 1.64 bits per heavy atom. The number of rotatable bonds is 8. The van der Waals surface area contributed by atoms with Crippen LogP contribution in [0.2, 0.25) is 0 Å². The fourth-order valence-electron chi connectivity index (χ4n) is 7.81. The van der Waals surface area contributed by atoms with Gasteiger partial charge in [-0.25, -0.2) is 0 Å². The topological polar surface area (TPSA) is 108 Å². The molecule has 7 atom stereocenters. The van der Waals surface area contributed by atoms with Crippen molar-refractivity contribution in [1.82, 2.24) is 4.90 Å². The molecule has 2 bridgehead atoms. The molecule has 8 heteroatoms. The Hall–Kier alpha value is -3.75. The number of para-hydroxylation sites is 1. The summed E-state index contributed by atoms with van der Waals surface area (Å²) in [6.45, 7) is 7.67. The first kappa shape index (κ1) is 28.4. The van der Waals surface area contributed by atoms with Gasteiger partial charge in [0.05, 0.1) is 30.1 Å². The number of likely N-dealkylation sites (tertiary alicyclic amines) is 1. The maximum Gasteiger partial charge on any atom is 0.250 e. The van der Waals surface area contributed by atoms with E-state index in [9.17, 15) is 19.5 Å². The van der Waals surface area contributed by atoms with Crippen molar-refractivity contribution < 1.29 is 24.2 Å². The number of benzene rings is 3. The molecule has 220 valence electrons. The highest BCUT2D eigenvalue weighted by Crippen LogP contribution is 2.65. The Labute approximate surface area is 246 Å². The number of aliphatic hydroxyl groups is 1. The minimum absolute atomic E-state index is 0.0818. The van der Waals surface area contributed by atoms with Gasteiger partial charge in [-0.05, 0) is 66.6 Å². The molecule has 3 amide bonds. The van der Waals surface area contributed by atoms with E-state index in [1.165, 1.54) is 0 Å². The molecule has 1 spiro atoms. The van der Waals surface area contributed by atoms with Gasteiger partial charge in [-0.3, -0.25) is 14.4 Å². The van der Waals surface area contributed by atoms with E-state index in [-0.39, 0.29) is 36.2 Å². The zero-order valence-corrected chi connectivity index (χ0v) is 24.5. The van der Waals surface area contributed by atoms with Crippen LogP contribution < -0.4 is 10.6 Å². The predicted molar refractivity (Wildman–Crippen MR) is 162 cm³/mol. The minimum Gasteiger partial charge on any atom is -0.394 e. The van der Waals surface area contributed by atoms with E-state index in [0.29, 0.717) is 24.2 Å². The van der Waals surface area contributed by atoms with Gasteiger partial charge in [0.25, 0.3) is 0 Å². The highest BCUT2D eigenvalue weighted by molar-refractivity contribution is 6.06. The highest BCUT2D eigenvalue weighted by atomic mass is 16.5. The molecule has 0 aliphatic carbocycles. The Morgan fingerprint density at radius 1 is 0.976 bits per heavy atom. The zero-order chi connectivity index (χ0) is 29.8. The van der Waals surface area contributed by atoms with E-state index >= 15 is 0 Å². The number of hydrogen-bond acceptors (Lipinski definition) is 5. The summed E-state index contributed by atoms with van der Waals surface area (Å²) >= 11 is 0. The predicted octanol–water partition coefficient (Wildman–Crippen LogP) is 4.83. The van der Waals surface area contributed by atoms with Crippen LogP contribution in [0.5, 0.6) is 0 Å². The van der Waals surface area contributed by atoms with E-state index in [2.05, 4.69) is 10.6 Å². The average molecular weight is 570 g/mol. The molecule has 3 heterocycles. The summed E-state index contributed by atoms with van der Waals surface area (Å²) in [5.74, 6) is -2.54. The second-order valence-corrected chi connectivity index (χ2v) is 12.8. The first-order valence-electron chi connectivity index (χ1n) is 14.9. The Bertz CT molecular complexity index is 1530. The Balaban J connectivity index is 1.41. The minimum atomic E-state index is -1.20. The maximum absolute atomic E-state index is 14.5. The largest absolute Gasteiger partial charge is 0.394 e. The second kappa shape index (κ2) is 10.5. The highest BCUT2D eigenvalue weighted by Gasteiger charge is 2.80. The number of carbonyl (C=O) groups excluding carboxylic acids is 3. The van der Waals surface area contributed by atoms with Crippen LogP contribution in [0.1, 0.15) is 40.5 Å². The van der Waals surface area contributed by atoms with E-state index in [1.54, 1.807) is 17.0 Å².